The number of H-pyrrole nitrogens is 1. The number of allylic oxidation sites excluding steroid dienone is 3. The number of benzene rings is 3. The molecule has 3 aromatic carbocycles. The van der Waals surface area contributed by atoms with Crippen molar-refractivity contribution in [1.82, 2.24) is 10.3 Å². The van der Waals surface area contributed by atoms with E-state index in [1.165, 1.54) is 29.5 Å². The Hall–Kier alpha value is -4.58. The first-order chi connectivity index (χ1) is 37.5. The van der Waals surface area contributed by atoms with Crippen LogP contribution in [0.3, 0.4) is 0 Å². The van der Waals surface area contributed by atoms with Gasteiger partial charge in [-0.15, -0.1) is 0 Å². The maximum absolute atomic E-state index is 12.7. The standard InChI is InChI=1S/C65H83N3O7S2/c1-2-42-30-45-33-57(72)59(75-60-34-46(31-50-18-13-27-67-50)51-21-28-68-63(66)55(51)41-77-76-40-48(39-70)62(60)74)36-53(45)54-35-58(73)61-44(32-52(42)54)20-25-64(26-29-69,22-10-9-19-56(61)71)37-47(43-14-5-3-6-15-43)38-65(23-11-12-24-65)49-16-7-4-8-17-49/h3-8,13-18,21,27,32-33,36,42,44,46-48,54,56,58,60-62,67-74H,2,9-12,19,22-24,26,28-31,34-35,37-41,66H2,1H3/t42-,44-,46+,47+,48-,54-,56-,58+,60-,61+,62-,64-/m0/s1. The normalized spacial score (nSPS) is 30.9. The number of nitrogens with one attached hydrogen (secondary N) is 2. The second-order valence-electron chi connectivity index (χ2n) is 23.6. The third kappa shape index (κ3) is 12.4. The van der Waals surface area contributed by atoms with E-state index in [4.69, 9.17) is 10.5 Å². The summed E-state index contributed by atoms with van der Waals surface area (Å²) in [5.74, 6) is 8.37. The molecule has 1 saturated heterocycles. The van der Waals surface area contributed by atoms with Gasteiger partial charge in [0.2, 0.25) is 0 Å². The number of hydrogen-bond acceptors (Lipinski definition) is 11. The van der Waals surface area contributed by atoms with Crippen molar-refractivity contribution < 1.29 is 35.4 Å². The van der Waals surface area contributed by atoms with Gasteiger partial charge in [-0.2, -0.15) is 0 Å². The van der Waals surface area contributed by atoms with Crippen molar-refractivity contribution in [3.05, 3.63) is 154 Å². The van der Waals surface area contributed by atoms with Crippen LogP contribution in [0.4, 0.5) is 0 Å². The lowest BCUT2D eigenvalue weighted by atomic mass is 9.65. The van der Waals surface area contributed by atoms with Gasteiger partial charge in [0.1, 0.15) is 11.9 Å². The fraction of sp³-hybridized carbons (Fsp3) is 0.538. The molecular formula is C65H83N3O7S2. The number of aromatic hydroxyl groups is 1. The van der Waals surface area contributed by atoms with E-state index in [0.29, 0.717) is 62.4 Å². The largest absolute Gasteiger partial charge is 0.504 e. The van der Waals surface area contributed by atoms with E-state index in [-0.39, 0.29) is 53.8 Å². The first kappa shape index (κ1) is 55.7. The molecule has 4 aromatic rings. The number of aromatic amines is 1. The van der Waals surface area contributed by atoms with Crippen molar-refractivity contribution in [3.8, 4) is 23.3 Å². The third-order valence-electron chi connectivity index (χ3n) is 18.9. The highest BCUT2D eigenvalue weighted by Gasteiger charge is 2.45. The van der Waals surface area contributed by atoms with Gasteiger partial charge in [0.05, 0.1) is 18.3 Å². The van der Waals surface area contributed by atoms with Gasteiger partial charge in [-0.1, -0.05) is 144 Å². The number of phenolic OH excluding ortho intramolecular Hbond substituents is 1. The Kier molecular flexibility index (Phi) is 18.3. The molecular weight excluding hydrogens is 999 g/mol. The molecule has 412 valence electrons. The first-order valence-electron chi connectivity index (χ1n) is 28.9. The lowest BCUT2D eigenvalue weighted by molar-refractivity contribution is -0.0214. The number of ether oxygens (including phenoxy) is 1. The number of phenols is 1. The highest BCUT2D eigenvalue weighted by molar-refractivity contribution is 8.76. The predicted molar refractivity (Wildman–Crippen MR) is 311 cm³/mol. The first-order valence-corrected chi connectivity index (χ1v) is 31.4. The van der Waals surface area contributed by atoms with E-state index in [2.05, 4.69) is 108 Å². The Morgan fingerprint density at radius 3 is 2.39 bits per heavy atom. The van der Waals surface area contributed by atoms with Crippen LogP contribution in [0.5, 0.6) is 11.5 Å². The lowest BCUT2D eigenvalue weighted by Crippen LogP contribution is -2.42. The monoisotopic (exact) mass is 1080 g/mol. The Labute approximate surface area is 465 Å². The van der Waals surface area contributed by atoms with E-state index in [1.54, 1.807) is 21.6 Å². The zero-order valence-electron chi connectivity index (χ0n) is 45.0. The summed E-state index contributed by atoms with van der Waals surface area (Å²) < 4.78 is 6.98. The predicted octanol–water partition coefficient (Wildman–Crippen LogP) is 10.8. The number of rotatable bonds is 14. The third-order valence-corrected chi connectivity index (χ3v) is 21.3. The average Bonchev–Trinajstić information content (AvgIpc) is 4.19. The molecule has 0 unspecified atom stereocenters. The smallest absolute Gasteiger partial charge is 0.161 e. The Balaban J connectivity index is 1.01. The number of nitrogens with two attached hydrogens (primary N) is 1. The average molecular weight is 1080 g/mol. The summed E-state index contributed by atoms with van der Waals surface area (Å²) in [6, 6.07) is 29.9. The highest BCUT2D eigenvalue weighted by Crippen LogP contribution is 2.54. The minimum absolute atomic E-state index is 0.00823. The molecule has 4 aliphatic carbocycles. The van der Waals surface area contributed by atoms with Gasteiger partial charge < -0.3 is 51.4 Å². The molecule has 12 heteroatoms. The van der Waals surface area contributed by atoms with Gasteiger partial charge in [-0.25, -0.2) is 0 Å². The van der Waals surface area contributed by atoms with Gasteiger partial charge in [0, 0.05) is 77.8 Å². The molecule has 0 bridgehead atoms. The Bertz CT molecular complexity index is 2750. The molecule has 1 aromatic heterocycles. The summed E-state index contributed by atoms with van der Waals surface area (Å²) in [4.78, 5) is 3.38. The molecule has 2 fully saturated rings. The highest BCUT2D eigenvalue weighted by atomic mass is 33.1. The van der Waals surface area contributed by atoms with Gasteiger partial charge >= 0.3 is 0 Å². The maximum Gasteiger partial charge on any atom is 0.161 e. The zero-order valence-corrected chi connectivity index (χ0v) is 46.6. The van der Waals surface area contributed by atoms with Gasteiger partial charge in [0.25, 0.3) is 0 Å². The summed E-state index contributed by atoms with van der Waals surface area (Å²) in [6.07, 6.45) is 16.0. The van der Waals surface area contributed by atoms with E-state index in [1.807, 2.05) is 24.4 Å². The molecule has 0 amide bonds. The SMILES string of the molecule is CC[C@H]1Cc2cc(O)c(O[C@H]3C[C@@H](Cc4ccc[nH]4)C4=CCNC(N)=C4CSSC[C@H](CO)[C@@H]3O)cc2[C@H]2C[C@@H](O)[C@@H]3[C@@H](C#C[C@@](CCO)(C[C@H](CC4(c5ccccc5)CCCC4)c4ccccc4)CCCC[C@@H]3O)C=C12. The summed E-state index contributed by atoms with van der Waals surface area (Å²) in [6.45, 7) is 2.59. The molecule has 10 N–H and O–H groups in total. The van der Waals surface area contributed by atoms with Crippen molar-refractivity contribution in [2.45, 2.75) is 151 Å². The van der Waals surface area contributed by atoms with Crippen molar-refractivity contribution >= 4 is 21.6 Å². The van der Waals surface area contributed by atoms with Crippen molar-refractivity contribution in [2.75, 3.05) is 31.3 Å². The topological polar surface area (TPSA) is 184 Å². The molecule has 3 heterocycles. The number of aliphatic hydroxyl groups is 5. The van der Waals surface area contributed by atoms with Crippen molar-refractivity contribution in [3.63, 3.8) is 0 Å². The molecule has 10 nitrogen and oxygen atoms in total. The fourth-order valence-electron chi connectivity index (χ4n) is 14.8. The van der Waals surface area contributed by atoms with E-state index in [0.717, 1.165) is 79.3 Å². The lowest BCUT2D eigenvalue weighted by Gasteiger charge is -2.39. The fourth-order valence-corrected chi connectivity index (χ4v) is 17.3. The quantitative estimate of drug-likeness (QED) is 0.0333. The van der Waals surface area contributed by atoms with E-state index in [9.17, 15) is 30.6 Å². The van der Waals surface area contributed by atoms with E-state index >= 15 is 0 Å². The van der Waals surface area contributed by atoms with Gasteiger partial charge in [0.15, 0.2) is 11.5 Å². The minimum atomic E-state index is -1.06. The second kappa shape index (κ2) is 25.3. The summed E-state index contributed by atoms with van der Waals surface area (Å²) >= 11 is 0. The molecule has 1 saturated carbocycles. The van der Waals surface area contributed by atoms with Gasteiger partial charge in [-0.3, -0.25) is 0 Å². The Morgan fingerprint density at radius 2 is 1.65 bits per heavy atom. The zero-order chi connectivity index (χ0) is 53.5. The molecule has 77 heavy (non-hydrogen) atoms. The molecule has 6 aliphatic rings. The number of aromatic nitrogens is 1. The molecule has 2 aliphatic heterocycles. The van der Waals surface area contributed by atoms with Crippen LogP contribution in [0.25, 0.3) is 0 Å². The van der Waals surface area contributed by atoms with Gasteiger partial charge in [-0.05, 0) is 152 Å². The Morgan fingerprint density at radius 1 is 0.870 bits per heavy atom. The molecule has 10 rings (SSSR count). The summed E-state index contributed by atoms with van der Waals surface area (Å²) in [7, 11) is 3.27. The van der Waals surface area contributed by atoms with Crippen LogP contribution in [0, 0.1) is 46.8 Å². The molecule has 12 atom stereocenters. The summed E-state index contributed by atoms with van der Waals surface area (Å²) in [5, 5.41) is 74.2. The number of fused-ring (bicyclic) bond motifs is 5. The van der Waals surface area contributed by atoms with Crippen molar-refractivity contribution in [2.24, 2.45) is 40.7 Å². The van der Waals surface area contributed by atoms with Crippen LogP contribution in [0.15, 0.2) is 126 Å². The van der Waals surface area contributed by atoms with Crippen LogP contribution >= 0.6 is 21.6 Å². The maximum atomic E-state index is 12.7. The molecule has 0 radical (unpaired) electrons. The van der Waals surface area contributed by atoms with Crippen LogP contribution in [0.1, 0.15) is 137 Å². The van der Waals surface area contributed by atoms with Crippen LogP contribution in [0.2, 0.25) is 0 Å². The minimum Gasteiger partial charge on any atom is -0.504 e. The van der Waals surface area contributed by atoms with Crippen molar-refractivity contribution in [1.29, 1.82) is 0 Å². The number of aliphatic hydroxyl groups excluding tert-OH is 5. The number of dihydropyridines is 1. The van der Waals surface area contributed by atoms with Crippen LogP contribution in [-0.2, 0) is 18.3 Å². The van der Waals surface area contributed by atoms with Crippen LogP contribution < -0.4 is 15.8 Å². The van der Waals surface area contributed by atoms with E-state index < -0.39 is 47.6 Å². The number of hydrogen-bond donors (Lipinski definition) is 9. The second-order valence-corrected chi connectivity index (χ2v) is 26.1. The molecule has 0 spiro atoms. The van der Waals surface area contributed by atoms with Crippen LogP contribution in [-0.4, -0.2) is 91.3 Å². The summed E-state index contributed by atoms with van der Waals surface area (Å²) in [5.41, 5.74) is 15.4.